The second-order valence-corrected chi connectivity index (χ2v) is 5.35. The van der Waals surface area contributed by atoms with Gasteiger partial charge in [0, 0.05) is 18.3 Å². The minimum Gasteiger partial charge on any atom is -0.346 e. The largest absolute Gasteiger partial charge is 0.346 e. The first kappa shape index (κ1) is 11.6. The van der Waals surface area contributed by atoms with E-state index in [9.17, 15) is 0 Å². The zero-order valence-electron chi connectivity index (χ0n) is 10.4. The topological polar surface area (TPSA) is 40.7 Å². The Morgan fingerprint density at radius 3 is 2.81 bits per heavy atom. The fourth-order valence-corrected chi connectivity index (χ4v) is 2.41. The van der Waals surface area contributed by atoms with Crippen LogP contribution in [0.3, 0.4) is 0 Å². The Morgan fingerprint density at radius 2 is 2.12 bits per heavy atom. The number of nitrogens with zero attached hydrogens (tertiary/aromatic N) is 1. The number of hydrogen-bond acceptors (Lipinski definition) is 2. The van der Waals surface area contributed by atoms with Crippen LogP contribution in [-0.2, 0) is 12.8 Å². The molecule has 1 saturated heterocycles. The van der Waals surface area contributed by atoms with Crippen LogP contribution >= 0.6 is 0 Å². The predicted octanol–water partition coefficient (Wildman–Crippen LogP) is 2.15. The van der Waals surface area contributed by atoms with Crippen molar-refractivity contribution in [3.05, 3.63) is 17.7 Å². The highest BCUT2D eigenvalue weighted by Gasteiger charge is 2.15. The van der Waals surface area contributed by atoms with Crippen LogP contribution in [0.2, 0.25) is 0 Å². The van der Waals surface area contributed by atoms with Gasteiger partial charge in [-0.3, -0.25) is 0 Å². The highest BCUT2D eigenvalue weighted by atomic mass is 14.9. The van der Waals surface area contributed by atoms with Gasteiger partial charge in [-0.15, -0.1) is 0 Å². The number of imidazole rings is 1. The number of piperidine rings is 1. The van der Waals surface area contributed by atoms with Crippen molar-refractivity contribution in [2.24, 2.45) is 11.8 Å². The van der Waals surface area contributed by atoms with Crippen molar-refractivity contribution in [2.75, 3.05) is 13.1 Å². The molecule has 0 spiro atoms. The van der Waals surface area contributed by atoms with Gasteiger partial charge in [0.15, 0.2) is 0 Å². The van der Waals surface area contributed by atoms with Gasteiger partial charge in [0.1, 0.15) is 5.82 Å². The molecule has 0 atom stereocenters. The highest BCUT2D eigenvalue weighted by molar-refractivity contribution is 5.02. The van der Waals surface area contributed by atoms with Gasteiger partial charge in [-0.25, -0.2) is 4.98 Å². The fourth-order valence-electron chi connectivity index (χ4n) is 2.41. The third kappa shape index (κ3) is 3.34. The van der Waals surface area contributed by atoms with E-state index in [-0.39, 0.29) is 0 Å². The average Bonchev–Trinajstić information content (AvgIpc) is 2.66. The van der Waals surface area contributed by atoms with Crippen molar-refractivity contribution in [3.8, 4) is 0 Å². The van der Waals surface area contributed by atoms with Crippen LogP contribution in [0.4, 0.5) is 0 Å². The maximum absolute atomic E-state index is 4.49. The van der Waals surface area contributed by atoms with E-state index in [4.69, 9.17) is 0 Å². The summed E-state index contributed by atoms with van der Waals surface area (Å²) in [5, 5.41) is 3.40. The summed E-state index contributed by atoms with van der Waals surface area (Å²) in [5.74, 6) is 2.70. The van der Waals surface area contributed by atoms with Crippen molar-refractivity contribution in [3.63, 3.8) is 0 Å². The normalized spacial score (nSPS) is 18.2. The van der Waals surface area contributed by atoms with E-state index >= 15 is 0 Å². The SMILES string of the molecule is CC(C)Cc1cnc(CC2CCNCC2)[nH]1. The second kappa shape index (κ2) is 5.48. The van der Waals surface area contributed by atoms with Gasteiger partial charge in [0.2, 0.25) is 0 Å². The van der Waals surface area contributed by atoms with Gasteiger partial charge in [0.25, 0.3) is 0 Å². The Balaban J connectivity index is 1.86. The molecule has 0 unspecified atom stereocenters. The molecule has 1 aromatic heterocycles. The van der Waals surface area contributed by atoms with E-state index in [1.54, 1.807) is 0 Å². The van der Waals surface area contributed by atoms with Crippen molar-refractivity contribution >= 4 is 0 Å². The Hall–Kier alpha value is -0.830. The Bertz CT molecular complexity index is 311. The summed E-state index contributed by atoms with van der Waals surface area (Å²) < 4.78 is 0. The maximum Gasteiger partial charge on any atom is 0.106 e. The van der Waals surface area contributed by atoms with Crippen LogP contribution in [0.1, 0.15) is 38.2 Å². The molecular weight excluding hydrogens is 198 g/mol. The molecule has 16 heavy (non-hydrogen) atoms. The van der Waals surface area contributed by atoms with Gasteiger partial charge in [-0.1, -0.05) is 13.8 Å². The van der Waals surface area contributed by atoms with Gasteiger partial charge in [-0.2, -0.15) is 0 Å². The van der Waals surface area contributed by atoms with Crippen molar-refractivity contribution in [1.29, 1.82) is 0 Å². The maximum atomic E-state index is 4.49. The zero-order chi connectivity index (χ0) is 11.4. The monoisotopic (exact) mass is 221 g/mol. The van der Waals surface area contributed by atoms with E-state index in [1.807, 2.05) is 6.20 Å². The van der Waals surface area contributed by atoms with Crippen molar-refractivity contribution in [2.45, 2.75) is 39.5 Å². The Morgan fingerprint density at radius 1 is 1.38 bits per heavy atom. The molecule has 3 nitrogen and oxygen atoms in total. The molecular formula is C13H23N3. The lowest BCUT2D eigenvalue weighted by atomic mass is 9.94. The van der Waals surface area contributed by atoms with Crippen molar-refractivity contribution < 1.29 is 0 Å². The first-order chi connectivity index (χ1) is 7.74. The molecule has 0 radical (unpaired) electrons. The summed E-state index contributed by atoms with van der Waals surface area (Å²) in [4.78, 5) is 7.95. The van der Waals surface area contributed by atoms with Crippen LogP contribution in [0.15, 0.2) is 6.20 Å². The molecule has 1 fully saturated rings. The summed E-state index contributed by atoms with van der Waals surface area (Å²) >= 11 is 0. The molecule has 3 heteroatoms. The standard InChI is InChI=1S/C13H23N3/c1-10(2)7-12-9-15-13(16-12)8-11-3-5-14-6-4-11/h9-11,14H,3-8H2,1-2H3,(H,15,16). The van der Waals surface area contributed by atoms with E-state index in [0.29, 0.717) is 5.92 Å². The summed E-state index contributed by atoms with van der Waals surface area (Å²) in [6, 6.07) is 0. The lowest BCUT2D eigenvalue weighted by Gasteiger charge is -2.21. The van der Waals surface area contributed by atoms with E-state index in [2.05, 4.69) is 29.1 Å². The second-order valence-electron chi connectivity index (χ2n) is 5.35. The van der Waals surface area contributed by atoms with Gasteiger partial charge in [-0.05, 0) is 44.2 Å². The Labute approximate surface area is 98.1 Å². The minimum absolute atomic E-state index is 0.701. The van der Waals surface area contributed by atoms with Crippen LogP contribution in [0, 0.1) is 11.8 Å². The molecule has 0 amide bonds. The number of hydrogen-bond donors (Lipinski definition) is 2. The molecule has 0 bridgehead atoms. The summed E-state index contributed by atoms with van der Waals surface area (Å²) in [6.07, 6.45) is 6.83. The van der Waals surface area contributed by atoms with Gasteiger partial charge in [0.05, 0.1) is 0 Å². The van der Waals surface area contributed by atoms with Crippen LogP contribution in [0.5, 0.6) is 0 Å². The van der Waals surface area contributed by atoms with Crippen LogP contribution in [0.25, 0.3) is 0 Å². The predicted molar refractivity (Wildman–Crippen MR) is 66.4 cm³/mol. The average molecular weight is 221 g/mol. The number of H-pyrrole nitrogens is 1. The number of aromatic nitrogens is 2. The number of nitrogens with one attached hydrogen (secondary N) is 2. The molecule has 0 aliphatic carbocycles. The molecule has 0 aromatic carbocycles. The summed E-state index contributed by atoms with van der Waals surface area (Å²) in [6.45, 7) is 6.83. The molecule has 1 aromatic rings. The van der Waals surface area contributed by atoms with E-state index < -0.39 is 0 Å². The molecule has 2 N–H and O–H groups in total. The molecule has 2 rings (SSSR count). The number of rotatable bonds is 4. The number of aromatic amines is 1. The van der Waals surface area contributed by atoms with E-state index in [0.717, 1.165) is 18.8 Å². The Kier molecular flexibility index (Phi) is 3.99. The minimum atomic E-state index is 0.701. The summed E-state index contributed by atoms with van der Waals surface area (Å²) in [5.41, 5.74) is 1.29. The fraction of sp³-hybridized carbons (Fsp3) is 0.769. The quantitative estimate of drug-likeness (QED) is 0.818. The smallest absolute Gasteiger partial charge is 0.106 e. The van der Waals surface area contributed by atoms with Crippen LogP contribution in [-0.4, -0.2) is 23.1 Å². The van der Waals surface area contributed by atoms with Gasteiger partial charge >= 0.3 is 0 Å². The third-order valence-electron chi connectivity index (χ3n) is 3.25. The van der Waals surface area contributed by atoms with Gasteiger partial charge < -0.3 is 10.3 Å². The molecule has 1 aliphatic heterocycles. The first-order valence-electron chi connectivity index (χ1n) is 6.47. The molecule has 2 heterocycles. The van der Waals surface area contributed by atoms with Crippen molar-refractivity contribution in [1.82, 2.24) is 15.3 Å². The highest BCUT2D eigenvalue weighted by Crippen LogP contribution is 2.16. The first-order valence-corrected chi connectivity index (χ1v) is 6.47. The lowest BCUT2D eigenvalue weighted by Crippen LogP contribution is -2.28. The van der Waals surface area contributed by atoms with E-state index in [1.165, 1.54) is 37.4 Å². The van der Waals surface area contributed by atoms with Crippen LogP contribution < -0.4 is 5.32 Å². The molecule has 1 aliphatic rings. The lowest BCUT2D eigenvalue weighted by molar-refractivity contribution is 0.368. The summed E-state index contributed by atoms with van der Waals surface area (Å²) in [7, 11) is 0. The molecule has 0 saturated carbocycles. The zero-order valence-corrected chi connectivity index (χ0v) is 10.4. The third-order valence-corrected chi connectivity index (χ3v) is 3.25. The molecule has 90 valence electrons.